The fourth-order valence-corrected chi connectivity index (χ4v) is 4.23. The SMILES string of the molecule is N#CCCCN1CC[C@@H](CNC(=O)c2cc(Cl)c(Br)c3c2OCCCO3)[C@H](O)C1. The Morgan fingerprint density at radius 1 is 1.41 bits per heavy atom. The molecule has 0 aromatic heterocycles. The molecule has 0 unspecified atom stereocenters. The first-order valence-electron chi connectivity index (χ1n) is 9.84. The number of aliphatic hydroxyl groups is 1. The average Bonchev–Trinajstić information content (AvgIpc) is 2.96. The van der Waals surface area contributed by atoms with Crippen molar-refractivity contribution in [2.75, 3.05) is 39.4 Å². The van der Waals surface area contributed by atoms with Crippen LogP contribution in [0.5, 0.6) is 11.5 Å². The van der Waals surface area contributed by atoms with Gasteiger partial charge in [0.05, 0.1) is 40.4 Å². The molecule has 2 aliphatic rings. The summed E-state index contributed by atoms with van der Waals surface area (Å²) >= 11 is 9.66. The van der Waals surface area contributed by atoms with Crippen molar-refractivity contribution in [3.05, 3.63) is 21.1 Å². The molecule has 9 heteroatoms. The summed E-state index contributed by atoms with van der Waals surface area (Å²) in [4.78, 5) is 15.0. The zero-order valence-electron chi connectivity index (χ0n) is 16.1. The number of piperidine rings is 1. The highest BCUT2D eigenvalue weighted by molar-refractivity contribution is 9.10. The number of ether oxygens (including phenoxy) is 2. The van der Waals surface area contributed by atoms with Gasteiger partial charge in [0.2, 0.25) is 0 Å². The van der Waals surface area contributed by atoms with E-state index >= 15 is 0 Å². The minimum Gasteiger partial charge on any atom is -0.489 e. The number of halogens is 2. The van der Waals surface area contributed by atoms with Gasteiger partial charge in [-0.05, 0) is 47.9 Å². The predicted octanol–water partition coefficient (Wildman–Crippen LogP) is 2.98. The Kier molecular flexibility index (Phi) is 8.01. The van der Waals surface area contributed by atoms with Crippen LogP contribution >= 0.6 is 27.5 Å². The Labute approximate surface area is 184 Å². The van der Waals surface area contributed by atoms with Crippen molar-refractivity contribution >= 4 is 33.4 Å². The number of aliphatic hydroxyl groups excluding tert-OH is 1. The molecular weight excluding hydrogens is 462 g/mol. The van der Waals surface area contributed by atoms with E-state index in [1.807, 2.05) is 0 Å². The lowest BCUT2D eigenvalue weighted by molar-refractivity contribution is 0.0219. The first-order valence-corrected chi connectivity index (χ1v) is 11.0. The topological polar surface area (TPSA) is 94.8 Å². The van der Waals surface area contributed by atoms with Gasteiger partial charge in [-0.15, -0.1) is 0 Å². The summed E-state index contributed by atoms with van der Waals surface area (Å²) < 4.78 is 12.0. The van der Waals surface area contributed by atoms with E-state index in [0.717, 1.165) is 32.4 Å². The number of unbranched alkanes of at least 4 members (excludes halogenated alkanes) is 1. The third-order valence-corrected chi connectivity index (χ3v) is 6.56. The average molecular weight is 487 g/mol. The molecule has 0 saturated carbocycles. The van der Waals surface area contributed by atoms with Crippen LogP contribution in [0.3, 0.4) is 0 Å². The number of nitrogens with one attached hydrogen (secondary N) is 1. The van der Waals surface area contributed by atoms with E-state index in [4.69, 9.17) is 26.3 Å². The van der Waals surface area contributed by atoms with Crippen LogP contribution in [-0.2, 0) is 0 Å². The van der Waals surface area contributed by atoms with Crippen LogP contribution in [0.4, 0.5) is 0 Å². The second kappa shape index (κ2) is 10.5. The van der Waals surface area contributed by atoms with Gasteiger partial charge in [0.1, 0.15) is 0 Å². The number of fused-ring (bicyclic) bond motifs is 1. The highest BCUT2D eigenvalue weighted by Crippen LogP contribution is 2.44. The molecule has 1 saturated heterocycles. The maximum atomic E-state index is 12.8. The number of β-amino-alcohol motifs (C(OH)–C–C–N with tert-alkyl or cyclic N) is 1. The van der Waals surface area contributed by atoms with Crippen LogP contribution < -0.4 is 14.8 Å². The van der Waals surface area contributed by atoms with E-state index in [1.54, 1.807) is 6.07 Å². The number of hydrogen-bond donors (Lipinski definition) is 2. The van der Waals surface area contributed by atoms with Gasteiger partial charge in [-0.25, -0.2) is 0 Å². The molecule has 7 nitrogen and oxygen atoms in total. The lowest BCUT2D eigenvalue weighted by atomic mass is 9.93. The number of hydrogen-bond acceptors (Lipinski definition) is 6. The zero-order valence-corrected chi connectivity index (χ0v) is 18.5. The quantitative estimate of drug-likeness (QED) is 0.600. The molecule has 0 aliphatic carbocycles. The maximum Gasteiger partial charge on any atom is 0.255 e. The molecule has 0 spiro atoms. The number of benzene rings is 1. The number of carbonyl (C=O) groups excluding carboxylic acids is 1. The fourth-order valence-electron chi connectivity index (χ4n) is 3.62. The minimum atomic E-state index is -0.517. The molecule has 1 amide bonds. The molecule has 1 aromatic carbocycles. The van der Waals surface area contributed by atoms with Gasteiger partial charge in [-0.2, -0.15) is 5.26 Å². The number of amides is 1. The molecule has 2 atom stereocenters. The van der Waals surface area contributed by atoms with E-state index < -0.39 is 6.10 Å². The van der Waals surface area contributed by atoms with Gasteiger partial charge >= 0.3 is 0 Å². The Balaban J connectivity index is 1.60. The van der Waals surface area contributed by atoms with Gasteiger partial charge < -0.3 is 24.8 Å². The highest BCUT2D eigenvalue weighted by Gasteiger charge is 2.29. The number of rotatable bonds is 6. The largest absolute Gasteiger partial charge is 0.489 e. The van der Waals surface area contributed by atoms with Crippen LogP contribution in [0.15, 0.2) is 10.5 Å². The first-order chi connectivity index (χ1) is 14.0. The van der Waals surface area contributed by atoms with E-state index in [1.165, 1.54) is 0 Å². The maximum absolute atomic E-state index is 12.8. The van der Waals surface area contributed by atoms with Gasteiger partial charge in [0, 0.05) is 31.8 Å². The molecule has 2 heterocycles. The molecule has 1 aromatic rings. The summed E-state index contributed by atoms with van der Waals surface area (Å²) in [7, 11) is 0. The molecule has 0 bridgehead atoms. The van der Waals surface area contributed by atoms with Crippen LogP contribution in [-0.4, -0.2) is 61.4 Å². The van der Waals surface area contributed by atoms with E-state index in [2.05, 4.69) is 32.2 Å². The summed E-state index contributed by atoms with van der Waals surface area (Å²) in [6.45, 7) is 3.54. The fraction of sp³-hybridized carbons (Fsp3) is 0.600. The van der Waals surface area contributed by atoms with Crippen LogP contribution in [0, 0.1) is 17.2 Å². The lowest BCUT2D eigenvalue weighted by Gasteiger charge is -2.36. The van der Waals surface area contributed by atoms with E-state index in [-0.39, 0.29) is 11.8 Å². The monoisotopic (exact) mass is 485 g/mol. The third-order valence-electron chi connectivity index (χ3n) is 5.25. The summed E-state index contributed by atoms with van der Waals surface area (Å²) in [6.07, 6.45) is 2.32. The van der Waals surface area contributed by atoms with Gasteiger partial charge in [-0.3, -0.25) is 4.79 Å². The normalized spacial score (nSPS) is 21.9. The second-order valence-electron chi connectivity index (χ2n) is 7.32. The summed E-state index contributed by atoms with van der Waals surface area (Å²) in [5, 5.41) is 22.4. The molecular formula is C20H25BrClN3O4. The third kappa shape index (κ3) is 5.54. The number of nitrogens with zero attached hydrogens (tertiary/aromatic N) is 2. The first kappa shape index (κ1) is 22.2. The van der Waals surface area contributed by atoms with Crippen molar-refractivity contribution in [1.29, 1.82) is 5.26 Å². The van der Waals surface area contributed by atoms with Crippen LogP contribution in [0.2, 0.25) is 5.02 Å². The molecule has 2 aliphatic heterocycles. The predicted molar refractivity (Wildman–Crippen MR) is 112 cm³/mol. The Morgan fingerprint density at radius 3 is 2.90 bits per heavy atom. The Hall–Kier alpha value is -1.53. The lowest BCUT2D eigenvalue weighted by Crippen LogP contribution is -2.47. The van der Waals surface area contributed by atoms with E-state index in [9.17, 15) is 9.90 Å². The Bertz CT molecular complexity index is 786. The summed E-state index contributed by atoms with van der Waals surface area (Å²) in [5.74, 6) is 0.521. The molecule has 29 heavy (non-hydrogen) atoms. The Morgan fingerprint density at radius 2 is 2.17 bits per heavy atom. The van der Waals surface area contributed by atoms with Crippen molar-refractivity contribution in [2.24, 2.45) is 5.92 Å². The van der Waals surface area contributed by atoms with Crippen molar-refractivity contribution in [1.82, 2.24) is 10.2 Å². The second-order valence-corrected chi connectivity index (χ2v) is 8.52. The van der Waals surface area contributed by atoms with Crippen molar-refractivity contribution < 1.29 is 19.4 Å². The smallest absolute Gasteiger partial charge is 0.255 e. The van der Waals surface area contributed by atoms with Gasteiger partial charge in [-0.1, -0.05) is 11.6 Å². The highest BCUT2D eigenvalue weighted by atomic mass is 79.9. The van der Waals surface area contributed by atoms with Gasteiger partial charge in [0.25, 0.3) is 5.91 Å². The number of carbonyl (C=O) groups is 1. The zero-order chi connectivity index (χ0) is 20.8. The standard InChI is InChI=1S/C20H25BrClN3O4/c21-17-15(22)10-14(18-19(17)29-9-3-8-28-18)20(27)24-11-13-4-7-25(12-16(13)26)6-2-1-5-23/h10,13,16,26H,1-4,6-9,11-12H2,(H,24,27)/t13-,16+/m0/s1. The molecule has 3 rings (SSSR count). The van der Waals surface area contributed by atoms with Gasteiger partial charge in [0.15, 0.2) is 11.5 Å². The number of likely N-dealkylation sites (tertiary alicyclic amines) is 1. The molecule has 158 valence electrons. The summed E-state index contributed by atoms with van der Waals surface area (Å²) in [5.41, 5.74) is 0.332. The molecule has 0 radical (unpaired) electrons. The van der Waals surface area contributed by atoms with Crippen molar-refractivity contribution in [3.63, 3.8) is 0 Å². The van der Waals surface area contributed by atoms with E-state index in [0.29, 0.717) is 59.3 Å². The van der Waals surface area contributed by atoms with Crippen LogP contribution in [0.1, 0.15) is 36.0 Å². The molecule has 2 N–H and O–H groups in total. The van der Waals surface area contributed by atoms with Crippen molar-refractivity contribution in [3.8, 4) is 17.6 Å². The van der Waals surface area contributed by atoms with Crippen LogP contribution in [0.25, 0.3) is 0 Å². The minimum absolute atomic E-state index is 0.0205. The summed E-state index contributed by atoms with van der Waals surface area (Å²) in [6, 6.07) is 3.71. The number of nitriles is 1. The van der Waals surface area contributed by atoms with Crippen molar-refractivity contribution in [2.45, 2.75) is 31.8 Å². The molecule has 1 fully saturated rings.